The summed E-state index contributed by atoms with van der Waals surface area (Å²) in [5.74, 6) is 0.644. The molecule has 1 N–H and O–H groups in total. The standard InChI is InChI=1S/C16H18N4O2S/c1-10-12(11(2)22-19-10)8-9-15(21)17-18-16-20(3)13-6-4-5-7-14(13)23-16/h4-7H,8-9H2,1-3H3,(H,17,21)/b18-16-. The first-order valence-electron chi connectivity index (χ1n) is 7.35. The second-order valence-corrected chi connectivity index (χ2v) is 6.37. The zero-order valence-electron chi connectivity index (χ0n) is 13.3. The normalized spacial score (nSPS) is 12.0. The third-order valence-corrected chi connectivity index (χ3v) is 4.89. The molecule has 0 fully saturated rings. The zero-order valence-corrected chi connectivity index (χ0v) is 14.1. The van der Waals surface area contributed by atoms with Crippen molar-refractivity contribution in [3.63, 3.8) is 0 Å². The summed E-state index contributed by atoms with van der Waals surface area (Å²) < 4.78 is 8.20. The first kappa shape index (κ1) is 15.5. The zero-order chi connectivity index (χ0) is 16.4. The lowest BCUT2D eigenvalue weighted by molar-refractivity contribution is -0.121. The molecule has 120 valence electrons. The highest BCUT2D eigenvalue weighted by molar-refractivity contribution is 7.16. The molecule has 0 unspecified atom stereocenters. The van der Waals surface area contributed by atoms with Crippen LogP contribution in [-0.4, -0.2) is 15.6 Å². The van der Waals surface area contributed by atoms with Crippen LogP contribution in [0.25, 0.3) is 10.2 Å². The number of fused-ring (bicyclic) bond motifs is 1. The van der Waals surface area contributed by atoms with Crippen LogP contribution in [0.2, 0.25) is 0 Å². The number of aromatic nitrogens is 2. The van der Waals surface area contributed by atoms with Crippen molar-refractivity contribution in [2.75, 3.05) is 0 Å². The molecule has 0 radical (unpaired) electrons. The second kappa shape index (κ2) is 6.37. The van der Waals surface area contributed by atoms with E-state index in [2.05, 4.69) is 15.7 Å². The molecule has 0 aliphatic carbocycles. The predicted molar refractivity (Wildman–Crippen MR) is 88.8 cm³/mol. The molecular weight excluding hydrogens is 312 g/mol. The van der Waals surface area contributed by atoms with E-state index in [9.17, 15) is 4.79 Å². The number of nitrogens with one attached hydrogen (secondary N) is 1. The monoisotopic (exact) mass is 330 g/mol. The van der Waals surface area contributed by atoms with Crippen LogP contribution in [0.4, 0.5) is 0 Å². The molecule has 0 saturated carbocycles. The van der Waals surface area contributed by atoms with E-state index in [-0.39, 0.29) is 5.91 Å². The number of nitrogens with zero attached hydrogens (tertiary/aromatic N) is 3. The molecule has 3 aromatic rings. The number of hydrogen-bond donors (Lipinski definition) is 1. The van der Waals surface area contributed by atoms with Gasteiger partial charge in [0, 0.05) is 19.0 Å². The van der Waals surface area contributed by atoms with Crippen molar-refractivity contribution in [3.05, 3.63) is 46.1 Å². The number of benzene rings is 1. The Morgan fingerprint density at radius 3 is 2.87 bits per heavy atom. The fourth-order valence-electron chi connectivity index (χ4n) is 2.45. The van der Waals surface area contributed by atoms with Crippen LogP contribution in [-0.2, 0) is 18.3 Å². The molecule has 6 nitrogen and oxygen atoms in total. The molecule has 7 heteroatoms. The van der Waals surface area contributed by atoms with Crippen LogP contribution >= 0.6 is 11.3 Å². The molecule has 0 aliphatic heterocycles. The number of para-hydroxylation sites is 1. The van der Waals surface area contributed by atoms with Gasteiger partial charge in [0.15, 0.2) is 0 Å². The number of carbonyl (C=O) groups is 1. The van der Waals surface area contributed by atoms with Gasteiger partial charge in [-0.3, -0.25) is 4.79 Å². The average Bonchev–Trinajstić information content (AvgIpc) is 3.04. The van der Waals surface area contributed by atoms with Gasteiger partial charge in [-0.2, -0.15) is 0 Å². The molecule has 1 amide bonds. The highest BCUT2D eigenvalue weighted by Crippen LogP contribution is 2.15. The molecule has 0 aliphatic rings. The molecule has 0 atom stereocenters. The van der Waals surface area contributed by atoms with E-state index in [1.165, 1.54) is 0 Å². The summed E-state index contributed by atoms with van der Waals surface area (Å²) in [7, 11) is 1.94. The van der Waals surface area contributed by atoms with Crippen molar-refractivity contribution in [2.45, 2.75) is 26.7 Å². The Bertz CT molecular complexity index is 900. The molecule has 23 heavy (non-hydrogen) atoms. The summed E-state index contributed by atoms with van der Waals surface area (Å²) in [5.41, 5.74) is 5.55. The van der Waals surface area contributed by atoms with Gasteiger partial charge in [0.1, 0.15) is 5.76 Å². The Balaban J connectivity index is 1.69. The first-order chi connectivity index (χ1) is 11.1. The molecule has 0 bridgehead atoms. The molecule has 0 saturated heterocycles. The van der Waals surface area contributed by atoms with Crippen molar-refractivity contribution >= 4 is 27.5 Å². The summed E-state index contributed by atoms with van der Waals surface area (Å²) in [6.07, 6.45) is 0.946. The number of hydrogen-bond acceptors (Lipinski definition) is 5. The van der Waals surface area contributed by atoms with Gasteiger partial charge in [0.2, 0.25) is 10.7 Å². The fraction of sp³-hybridized carbons (Fsp3) is 0.312. The molecular formula is C16H18N4O2S. The Labute approximate surface area is 137 Å². The van der Waals surface area contributed by atoms with Crippen molar-refractivity contribution < 1.29 is 9.32 Å². The lowest BCUT2D eigenvalue weighted by Crippen LogP contribution is -2.23. The van der Waals surface area contributed by atoms with Crippen LogP contribution in [0.5, 0.6) is 0 Å². The summed E-state index contributed by atoms with van der Waals surface area (Å²) in [5, 5.41) is 8.12. The van der Waals surface area contributed by atoms with E-state index >= 15 is 0 Å². The van der Waals surface area contributed by atoms with Gasteiger partial charge in [-0.25, -0.2) is 5.43 Å². The van der Waals surface area contributed by atoms with E-state index in [4.69, 9.17) is 4.52 Å². The maximum Gasteiger partial charge on any atom is 0.240 e. The van der Waals surface area contributed by atoms with E-state index in [0.717, 1.165) is 32.0 Å². The first-order valence-corrected chi connectivity index (χ1v) is 8.17. The van der Waals surface area contributed by atoms with Crippen LogP contribution in [0.1, 0.15) is 23.4 Å². The van der Waals surface area contributed by atoms with Crippen LogP contribution in [0.15, 0.2) is 33.9 Å². The SMILES string of the molecule is Cc1noc(C)c1CCC(=O)N/N=c1\sc2ccccc2n1C. The van der Waals surface area contributed by atoms with Crippen LogP contribution in [0.3, 0.4) is 0 Å². The van der Waals surface area contributed by atoms with Gasteiger partial charge in [-0.1, -0.05) is 28.6 Å². The van der Waals surface area contributed by atoms with Crippen molar-refractivity contribution in [2.24, 2.45) is 12.1 Å². The molecule has 2 aromatic heterocycles. The Hall–Kier alpha value is -2.41. The topological polar surface area (TPSA) is 72.4 Å². The number of thiazole rings is 1. The van der Waals surface area contributed by atoms with E-state index < -0.39 is 0 Å². The highest BCUT2D eigenvalue weighted by atomic mass is 32.1. The summed E-state index contributed by atoms with van der Waals surface area (Å²) in [6.45, 7) is 3.74. The Kier molecular flexibility index (Phi) is 4.29. The van der Waals surface area contributed by atoms with E-state index in [1.54, 1.807) is 11.3 Å². The van der Waals surface area contributed by atoms with Gasteiger partial charge in [0.25, 0.3) is 0 Å². The van der Waals surface area contributed by atoms with Crippen molar-refractivity contribution in [1.29, 1.82) is 0 Å². The number of rotatable bonds is 4. The largest absolute Gasteiger partial charge is 0.361 e. The van der Waals surface area contributed by atoms with Gasteiger partial charge in [-0.05, 0) is 32.4 Å². The highest BCUT2D eigenvalue weighted by Gasteiger charge is 2.11. The Morgan fingerprint density at radius 2 is 2.17 bits per heavy atom. The van der Waals surface area contributed by atoms with Gasteiger partial charge >= 0.3 is 0 Å². The molecule has 1 aromatic carbocycles. The number of amides is 1. The average molecular weight is 330 g/mol. The maximum atomic E-state index is 12.0. The van der Waals surface area contributed by atoms with E-state index in [0.29, 0.717) is 12.8 Å². The van der Waals surface area contributed by atoms with Crippen LogP contribution in [0, 0.1) is 13.8 Å². The lowest BCUT2D eigenvalue weighted by atomic mass is 10.1. The summed E-state index contributed by atoms with van der Waals surface area (Å²) in [4.78, 5) is 12.8. The molecule has 0 spiro atoms. The van der Waals surface area contributed by atoms with Gasteiger partial charge in [-0.15, -0.1) is 5.10 Å². The minimum Gasteiger partial charge on any atom is -0.361 e. The van der Waals surface area contributed by atoms with Gasteiger partial charge < -0.3 is 9.09 Å². The predicted octanol–water partition coefficient (Wildman–Crippen LogP) is 2.41. The van der Waals surface area contributed by atoms with Crippen molar-refractivity contribution in [3.8, 4) is 0 Å². The smallest absolute Gasteiger partial charge is 0.240 e. The number of aryl methyl sites for hydroxylation is 3. The Morgan fingerprint density at radius 1 is 1.39 bits per heavy atom. The second-order valence-electron chi connectivity index (χ2n) is 5.36. The van der Waals surface area contributed by atoms with Crippen LogP contribution < -0.4 is 10.2 Å². The quantitative estimate of drug-likeness (QED) is 0.747. The number of carbonyl (C=O) groups excluding carboxylic acids is 1. The molecule has 3 rings (SSSR count). The third kappa shape index (κ3) is 3.19. The lowest BCUT2D eigenvalue weighted by Gasteiger charge is -2.00. The summed E-state index contributed by atoms with van der Waals surface area (Å²) in [6, 6.07) is 8.05. The molecule has 2 heterocycles. The minimum atomic E-state index is -0.123. The fourth-order valence-corrected chi connectivity index (χ4v) is 3.43. The minimum absolute atomic E-state index is 0.123. The van der Waals surface area contributed by atoms with E-state index in [1.807, 2.05) is 49.7 Å². The third-order valence-electron chi connectivity index (χ3n) is 3.77. The van der Waals surface area contributed by atoms with Gasteiger partial charge in [0.05, 0.1) is 15.9 Å². The van der Waals surface area contributed by atoms with Crippen molar-refractivity contribution in [1.82, 2.24) is 15.1 Å². The maximum absolute atomic E-state index is 12.0. The summed E-state index contributed by atoms with van der Waals surface area (Å²) >= 11 is 1.54.